The van der Waals surface area contributed by atoms with Gasteiger partial charge < -0.3 is 15.0 Å². The SMILES string of the molecule is CC(=O)NC[C@H]1CN(c2ccc(N3CC[C@@H](n4cc([N+](=O)[O-])cn4)C3)c(F)c2)C(=O)O1. The number of halogens is 1. The largest absolute Gasteiger partial charge is 0.442 e. The quantitative estimate of drug-likeness (QED) is 0.546. The van der Waals surface area contributed by atoms with Crippen molar-refractivity contribution in [1.82, 2.24) is 15.1 Å². The van der Waals surface area contributed by atoms with Gasteiger partial charge in [-0.3, -0.25) is 24.5 Å². The molecular weight excluding hydrogens is 411 g/mol. The molecule has 3 heterocycles. The maximum atomic E-state index is 14.9. The van der Waals surface area contributed by atoms with E-state index in [1.807, 2.05) is 4.90 Å². The fourth-order valence-corrected chi connectivity index (χ4v) is 3.81. The summed E-state index contributed by atoms with van der Waals surface area (Å²) < 4.78 is 21.6. The number of ether oxygens (including phenoxy) is 1. The van der Waals surface area contributed by atoms with E-state index in [4.69, 9.17) is 4.74 Å². The van der Waals surface area contributed by atoms with E-state index in [1.54, 1.807) is 16.8 Å². The lowest BCUT2D eigenvalue weighted by molar-refractivity contribution is -0.385. The number of nitro groups is 1. The number of nitrogens with one attached hydrogen (secondary N) is 1. The van der Waals surface area contributed by atoms with Crippen LogP contribution in [0, 0.1) is 15.9 Å². The summed E-state index contributed by atoms with van der Waals surface area (Å²) in [6.07, 6.45) is 2.15. The van der Waals surface area contributed by atoms with Crippen LogP contribution in [-0.2, 0) is 9.53 Å². The highest BCUT2D eigenvalue weighted by atomic mass is 19.1. The van der Waals surface area contributed by atoms with Gasteiger partial charge in [0, 0.05) is 20.0 Å². The summed E-state index contributed by atoms with van der Waals surface area (Å²) in [6, 6.07) is 4.43. The lowest BCUT2D eigenvalue weighted by Gasteiger charge is -2.21. The Balaban J connectivity index is 1.42. The Kier molecular flexibility index (Phi) is 5.44. The first-order valence-corrected chi connectivity index (χ1v) is 9.77. The smallest absolute Gasteiger partial charge is 0.414 e. The van der Waals surface area contributed by atoms with Crippen LogP contribution < -0.4 is 15.1 Å². The number of aromatic nitrogens is 2. The van der Waals surface area contributed by atoms with Crippen LogP contribution in [0.5, 0.6) is 0 Å². The number of carbonyl (C=O) groups is 2. The summed E-state index contributed by atoms with van der Waals surface area (Å²) in [7, 11) is 0. The van der Waals surface area contributed by atoms with E-state index in [0.717, 1.165) is 0 Å². The second kappa shape index (κ2) is 8.20. The van der Waals surface area contributed by atoms with Gasteiger partial charge in [-0.05, 0) is 24.6 Å². The van der Waals surface area contributed by atoms with Gasteiger partial charge in [0.25, 0.3) is 0 Å². The fraction of sp³-hybridized carbons (Fsp3) is 0.421. The summed E-state index contributed by atoms with van der Waals surface area (Å²) in [5.41, 5.74) is 0.675. The van der Waals surface area contributed by atoms with Gasteiger partial charge in [0.2, 0.25) is 5.91 Å². The maximum Gasteiger partial charge on any atom is 0.414 e. The highest BCUT2D eigenvalue weighted by Crippen LogP contribution is 2.32. The number of anilines is 2. The standard InChI is InChI=1S/C19H21FN6O5/c1-12(27)21-8-16-11-24(19(28)31-16)13-2-3-18(17(20)6-13)23-5-4-14(9-23)25-10-15(7-22-25)26(29)30/h2-3,6-7,10,14,16H,4-5,8-9,11H2,1H3,(H,21,27)/t14-,16+/m1/s1. The zero-order valence-corrected chi connectivity index (χ0v) is 16.7. The van der Waals surface area contributed by atoms with Crippen molar-refractivity contribution in [2.75, 3.05) is 36.0 Å². The number of nitrogens with zero attached hydrogens (tertiary/aromatic N) is 5. The van der Waals surface area contributed by atoms with E-state index < -0.39 is 22.9 Å². The van der Waals surface area contributed by atoms with Crippen LogP contribution in [0.4, 0.5) is 26.2 Å². The molecule has 2 fully saturated rings. The second-order valence-electron chi connectivity index (χ2n) is 7.51. The first kappa shape index (κ1) is 20.6. The lowest BCUT2D eigenvalue weighted by Crippen LogP contribution is -2.33. The van der Waals surface area contributed by atoms with Crippen LogP contribution in [0.1, 0.15) is 19.4 Å². The summed E-state index contributed by atoms with van der Waals surface area (Å²) in [5, 5.41) is 17.5. The predicted octanol–water partition coefficient (Wildman–Crippen LogP) is 1.84. The van der Waals surface area contributed by atoms with Crippen LogP contribution in [-0.4, -0.2) is 59.0 Å². The zero-order chi connectivity index (χ0) is 22.1. The maximum absolute atomic E-state index is 14.9. The second-order valence-corrected chi connectivity index (χ2v) is 7.51. The van der Waals surface area contributed by atoms with Gasteiger partial charge in [-0.1, -0.05) is 0 Å². The first-order chi connectivity index (χ1) is 14.8. The molecule has 2 aliphatic rings. The molecule has 4 rings (SSSR count). The number of cyclic esters (lactones) is 1. The van der Waals surface area contributed by atoms with E-state index in [1.165, 1.54) is 30.3 Å². The molecule has 2 saturated heterocycles. The van der Waals surface area contributed by atoms with E-state index in [0.29, 0.717) is 30.9 Å². The van der Waals surface area contributed by atoms with Gasteiger partial charge in [-0.15, -0.1) is 0 Å². The number of hydrogen-bond donors (Lipinski definition) is 1. The third-order valence-electron chi connectivity index (χ3n) is 5.37. The Morgan fingerprint density at radius 2 is 2.23 bits per heavy atom. The molecule has 12 heteroatoms. The Bertz CT molecular complexity index is 1030. The van der Waals surface area contributed by atoms with E-state index in [9.17, 15) is 24.1 Å². The monoisotopic (exact) mass is 432 g/mol. The Labute approximate surface area is 176 Å². The van der Waals surface area contributed by atoms with Crippen LogP contribution >= 0.6 is 0 Å². The molecule has 2 aliphatic heterocycles. The molecule has 2 aromatic rings. The number of benzene rings is 1. The summed E-state index contributed by atoms with van der Waals surface area (Å²) in [4.78, 5) is 36.7. The van der Waals surface area contributed by atoms with E-state index >= 15 is 0 Å². The van der Waals surface area contributed by atoms with Crippen molar-refractivity contribution in [3.8, 4) is 0 Å². The minimum absolute atomic E-state index is 0.0803. The Hall–Kier alpha value is -3.70. The molecule has 31 heavy (non-hydrogen) atoms. The molecule has 0 unspecified atom stereocenters. The first-order valence-electron chi connectivity index (χ1n) is 9.77. The van der Waals surface area contributed by atoms with Crippen molar-refractivity contribution >= 4 is 29.1 Å². The minimum atomic E-state index is -0.594. The summed E-state index contributed by atoms with van der Waals surface area (Å²) >= 11 is 0. The van der Waals surface area contributed by atoms with Crippen LogP contribution in [0.3, 0.4) is 0 Å². The third-order valence-corrected chi connectivity index (χ3v) is 5.37. The molecule has 2 amide bonds. The lowest BCUT2D eigenvalue weighted by atomic mass is 10.2. The molecule has 0 bridgehead atoms. The van der Waals surface area contributed by atoms with Crippen LogP contribution in [0.15, 0.2) is 30.6 Å². The van der Waals surface area contributed by atoms with Gasteiger partial charge in [0.1, 0.15) is 24.3 Å². The minimum Gasteiger partial charge on any atom is -0.442 e. The van der Waals surface area contributed by atoms with Crippen molar-refractivity contribution in [3.05, 3.63) is 46.5 Å². The molecule has 0 spiro atoms. The van der Waals surface area contributed by atoms with E-state index in [2.05, 4.69) is 10.4 Å². The average Bonchev–Trinajstić information content (AvgIpc) is 3.45. The van der Waals surface area contributed by atoms with Crippen molar-refractivity contribution in [2.24, 2.45) is 0 Å². The molecule has 2 atom stereocenters. The van der Waals surface area contributed by atoms with Gasteiger partial charge >= 0.3 is 11.8 Å². The van der Waals surface area contributed by atoms with Crippen LogP contribution in [0.25, 0.3) is 0 Å². The molecule has 0 radical (unpaired) electrons. The van der Waals surface area contributed by atoms with Crippen molar-refractivity contribution in [1.29, 1.82) is 0 Å². The number of amides is 2. The number of hydrogen-bond acceptors (Lipinski definition) is 7. The van der Waals surface area contributed by atoms with Gasteiger partial charge in [0.05, 0.1) is 35.4 Å². The predicted molar refractivity (Wildman–Crippen MR) is 107 cm³/mol. The molecule has 164 valence electrons. The van der Waals surface area contributed by atoms with E-state index in [-0.39, 0.29) is 30.7 Å². The van der Waals surface area contributed by atoms with Gasteiger partial charge in [0.15, 0.2) is 0 Å². The normalized spacial score (nSPS) is 20.8. The molecule has 0 saturated carbocycles. The highest BCUT2D eigenvalue weighted by molar-refractivity contribution is 5.90. The fourth-order valence-electron chi connectivity index (χ4n) is 3.81. The Morgan fingerprint density at radius 3 is 2.90 bits per heavy atom. The highest BCUT2D eigenvalue weighted by Gasteiger charge is 2.33. The average molecular weight is 432 g/mol. The number of rotatable bonds is 6. The third kappa shape index (κ3) is 4.27. The molecule has 1 N–H and O–H groups in total. The topological polar surface area (TPSA) is 123 Å². The number of carbonyl (C=O) groups excluding carboxylic acids is 2. The van der Waals surface area contributed by atoms with Crippen molar-refractivity contribution < 1.29 is 23.6 Å². The molecule has 11 nitrogen and oxygen atoms in total. The van der Waals surface area contributed by atoms with Crippen LogP contribution in [0.2, 0.25) is 0 Å². The molecule has 0 aliphatic carbocycles. The van der Waals surface area contributed by atoms with Crippen molar-refractivity contribution in [2.45, 2.75) is 25.5 Å². The van der Waals surface area contributed by atoms with Gasteiger partial charge in [-0.25, -0.2) is 9.18 Å². The molecular formula is C19H21FN6O5. The molecule has 1 aromatic heterocycles. The summed E-state index contributed by atoms with van der Waals surface area (Å²) in [6.45, 7) is 2.80. The molecule has 1 aromatic carbocycles. The zero-order valence-electron chi connectivity index (χ0n) is 16.7. The Morgan fingerprint density at radius 1 is 1.42 bits per heavy atom. The van der Waals surface area contributed by atoms with Crippen molar-refractivity contribution in [3.63, 3.8) is 0 Å². The summed E-state index contributed by atoms with van der Waals surface area (Å²) in [5.74, 6) is -0.707. The van der Waals surface area contributed by atoms with Gasteiger partial charge in [-0.2, -0.15) is 5.10 Å².